The number of nitrogens with zero attached hydrogens (tertiary/aromatic N) is 2. The van der Waals surface area contributed by atoms with Gasteiger partial charge >= 0.3 is 0 Å². The van der Waals surface area contributed by atoms with Crippen LogP contribution in [0.25, 0.3) is 33.0 Å². The van der Waals surface area contributed by atoms with E-state index in [0.29, 0.717) is 0 Å². The van der Waals surface area contributed by atoms with Crippen molar-refractivity contribution in [1.29, 1.82) is 0 Å². The van der Waals surface area contributed by atoms with Crippen LogP contribution in [0.15, 0.2) is 158 Å². The second-order valence-electron chi connectivity index (χ2n) is 19.8. The Labute approximate surface area is 354 Å². The van der Waals surface area contributed by atoms with Crippen LogP contribution in [0, 0.1) is 0 Å². The Morgan fingerprint density at radius 3 is 1.00 bits per heavy atom. The van der Waals surface area contributed by atoms with Crippen LogP contribution >= 0.6 is 0 Å². The molecule has 60 heavy (non-hydrogen) atoms. The molecule has 2 aliphatic heterocycles. The largest absolute Gasteiger partial charge is 0.309 e. The lowest BCUT2D eigenvalue weighted by molar-refractivity contribution is 0.619. The first-order valence-electron chi connectivity index (χ1n) is 21.7. The number of benzene rings is 8. The van der Waals surface area contributed by atoms with Crippen molar-refractivity contribution in [2.75, 3.05) is 9.80 Å². The van der Waals surface area contributed by atoms with Crippen LogP contribution in [-0.4, -0.2) is 0 Å². The average molecular weight is 775 g/mol. The van der Waals surface area contributed by atoms with Gasteiger partial charge in [-0.2, -0.15) is 0 Å². The summed E-state index contributed by atoms with van der Waals surface area (Å²) in [5, 5.41) is 2.46. The third-order valence-electron chi connectivity index (χ3n) is 15.2. The number of fused-ring (bicyclic) bond motifs is 11. The van der Waals surface area contributed by atoms with Crippen LogP contribution in [0.2, 0.25) is 0 Å². The number of para-hydroxylation sites is 2. The summed E-state index contributed by atoms with van der Waals surface area (Å²) in [4.78, 5) is 5.15. The highest BCUT2D eigenvalue weighted by molar-refractivity contribution is 6.09. The van der Waals surface area contributed by atoms with E-state index in [0.717, 1.165) is 0 Å². The van der Waals surface area contributed by atoms with E-state index >= 15 is 0 Å². The van der Waals surface area contributed by atoms with Gasteiger partial charge < -0.3 is 9.80 Å². The van der Waals surface area contributed by atoms with E-state index in [1.807, 2.05) is 0 Å². The fraction of sp³-hybridized carbons (Fsp3) is 0.207. The standard InChI is InChI=1S/C58H50N2/c1-55(2)41-23-11-9-19-35(41)39-31-53-47(33-45(39)55)57(5,6)43-25-13-15-27-51(43)59(53)49-29-17-22-38-37(49)21-18-30-50(38)60-52-28-16-14-26-44(52)58(7,8)48-34-46-40(32-54(48)60)36-20-10-12-24-42(36)56(46,3)4/h9-34H,1-8H3. The molecule has 0 N–H and O–H groups in total. The van der Waals surface area contributed by atoms with Gasteiger partial charge in [-0.15, -0.1) is 0 Å². The van der Waals surface area contributed by atoms with Gasteiger partial charge in [-0.05, 0) is 103 Å². The van der Waals surface area contributed by atoms with Crippen molar-refractivity contribution in [3.63, 3.8) is 0 Å². The van der Waals surface area contributed by atoms with E-state index in [1.165, 1.54) is 112 Å². The fourth-order valence-corrected chi connectivity index (χ4v) is 12.0. The highest BCUT2D eigenvalue weighted by Crippen LogP contribution is 2.61. The maximum atomic E-state index is 2.57. The van der Waals surface area contributed by atoms with Gasteiger partial charge in [-0.1, -0.05) is 177 Å². The van der Waals surface area contributed by atoms with Gasteiger partial charge in [-0.25, -0.2) is 0 Å². The molecule has 0 radical (unpaired) electrons. The predicted molar refractivity (Wildman–Crippen MR) is 253 cm³/mol. The van der Waals surface area contributed by atoms with Crippen molar-refractivity contribution >= 4 is 44.9 Å². The Balaban J connectivity index is 1.12. The number of hydrogen-bond acceptors (Lipinski definition) is 2. The third-order valence-corrected chi connectivity index (χ3v) is 15.2. The van der Waals surface area contributed by atoms with Crippen molar-refractivity contribution in [3.05, 3.63) is 202 Å². The molecule has 2 heterocycles. The Bertz CT molecular complexity index is 2960. The molecular weight excluding hydrogens is 725 g/mol. The lowest BCUT2D eigenvalue weighted by atomic mass is 9.71. The first kappa shape index (κ1) is 35.6. The van der Waals surface area contributed by atoms with Crippen LogP contribution < -0.4 is 9.80 Å². The normalized spacial score (nSPS) is 17.5. The molecule has 2 nitrogen and oxygen atoms in total. The summed E-state index contributed by atoms with van der Waals surface area (Å²) in [7, 11) is 0. The molecule has 0 saturated heterocycles. The molecule has 4 aliphatic rings. The van der Waals surface area contributed by atoms with Crippen molar-refractivity contribution in [3.8, 4) is 22.3 Å². The van der Waals surface area contributed by atoms with Gasteiger partial charge in [0.25, 0.3) is 0 Å². The Hall–Kier alpha value is -6.38. The first-order chi connectivity index (χ1) is 28.8. The molecule has 0 amide bonds. The van der Waals surface area contributed by atoms with Gasteiger partial charge in [0.05, 0.1) is 34.1 Å². The highest BCUT2D eigenvalue weighted by atomic mass is 15.2. The van der Waals surface area contributed by atoms with Crippen molar-refractivity contribution in [2.45, 2.75) is 77.0 Å². The SMILES string of the molecule is CC1(C)c2ccccc2-c2cc3c(cc21)C(C)(C)c1ccccc1N3c1cccc2c(N3c4ccccc4C(C)(C)c4cc5c(cc43)-c3ccccc3C5(C)C)cccc12. The quantitative estimate of drug-likeness (QED) is 0.173. The molecule has 8 aromatic carbocycles. The maximum Gasteiger partial charge on any atom is 0.0541 e. The Morgan fingerprint density at radius 2 is 0.583 bits per heavy atom. The molecule has 292 valence electrons. The van der Waals surface area contributed by atoms with Gasteiger partial charge in [-0.3, -0.25) is 0 Å². The summed E-state index contributed by atoms with van der Waals surface area (Å²) in [5.41, 5.74) is 23.3. The van der Waals surface area contributed by atoms with E-state index in [2.05, 4.69) is 223 Å². The molecule has 8 aromatic rings. The smallest absolute Gasteiger partial charge is 0.0541 e. The van der Waals surface area contributed by atoms with Crippen molar-refractivity contribution < 1.29 is 0 Å². The van der Waals surface area contributed by atoms with E-state index in [4.69, 9.17) is 0 Å². The number of rotatable bonds is 2. The van der Waals surface area contributed by atoms with Crippen LogP contribution in [0.1, 0.15) is 99.9 Å². The Morgan fingerprint density at radius 1 is 0.250 bits per heavy atom. The molecule has 12 rings (SSSR count). The maximum absolute atomic E-state index is 2.57. The number of hydrogen-bond donors (Lipinski definition) is 0. The zero-order valence-corrected chi connectivity index (χ0v) is 35.9. The highest BCUT2D eigenvalue weighted by Gasteiger charge is 2.44. The average Bonchev–Trinajstić information content (AvgIpc) is 3.62. The van der Waals surface area contributed by atoms with Gasteiger partial charge in [0, 0.05) is 32.4 Å². The van der Waals surface area contributed by atoms with E-state index in [1.54, 1.807) is 0 Å². The minimum absolute atomic E-state index is 0.0826. The molecule has 0 fully saturated rings. The topological polar surface area (TPSA) is 6.48 Å². The zero-order valence-electron chi connectivity index (χ0n) is 35.9. The summed E-state index contributed by atoms with van der Waals surface area (Å²) in [6.07, 6.45) is 0. The van der Waals surface area contributed by atoms with Crippen LogP contribution in [0.4, 0.5) is 34.1 Å². The molecule has 0 spiro atoms. The van der Waals surface area contributed by atoms with Gasteiger partial charge in [0.2, 0.25) is 0 Å². The zero-order chi connectivity index (χ0) is 41.1. The molecular formula is C58H50N2. The molecule has 0 aromatic heterocycles. The summed E-state index contributed by atoms with van der Waals surface area (Å²) in [5.74, 6) is 0. The van der Waals surface area contributed by atoms with Crippen molar-refractivity contribution in [2.24, 2.45) is 0 Å². The minimum Gasteiger partial charge on any atom is -0.309 e. The lowest BCUT2D eigenvalue weighted by Crippen LogP contribution is -2.32. The monoisotopic (exact) mass is 774 g/mol. The van der Waals surface area contributed by atoms with Crippen molar-refractivity contribution in [1.82, 2.24) is 0 Å². The summed E-state index contributed by atoms with van der Waals surface area (Å²) in [6, 6.07) is 60.2. The molecule has 2 aliphatic carbocycles. The third kappa shape index (κ3) is 4.39. The summed E-state index contributed by atoms with van der Waals surface area (Å²) >= 11 is 0. The Kier molecular flexibility index (Phi) is 6.91. The first-order valence-corrected chi connectivity index (χ1v) is 21.7. The second kappa shape index (κ2) is 11.7. The molecule has 0 saturated carbocycles. The molecule has 0 bridgehead atoms. The number of anilines is 6. The molecule has 0 unspecified atom stereocenters. The molecule has 0 atom stereocenters. The predicted octanol–water partition coefficient (Wildman–Crippen LogP) is 15.7. The van der Waals surface area contributed by atoms with E-state index in [9.17, 15) is 0 Å². The van der Waals surface area contributed by atoms with Crippen LogP contribution in [0.3, 0.4) is 0 Å². The van der Waals surface area contributed by atoms with Gasteiger partial charge in [0.15, 0.2) is 0 Å². The van der Waals surface area contributed by atoms with Gasteiger partial charge in [0.1, 0.15) is 0 Å². The lowest BCUT2D eigenvalue weighted by Gasteiger charge is -2.44. The van der Waals surface area contributed by atoms with Crippen LogP contribution in [0.5, 0.6) is 0 Å². The van der Waals surface area contributed by atoms with E-state index in [-0.39, 0.29) is 21.7 Å². The molecule has 2 heteroatoms. The second-order valence-corrected chi connectivity index (χ2v) is 19.8. The van der Waals surface area contributed by atoms with Crippen LogP contribution in [-0.2, 0) is 21.7 Å². The van der Waals surface area contributed by atoms with E-state index < -0.39 is 0 Å². The fourth-order valence-electron chi connectivity index (χ4n) is 12.0. The summed E-state index contributed by atoms with van der Waals surface area (Å²) in [6.45, 7) is 19.2. The minimum atomic E-state index is -0.195. The summed E-state index contributed by atoms with van der Waals surface area (Å²) < 4.78 is 0.